The van der Waals surface area contributed by atoms with E-state index in [0.717, 1.165) is 11.8 Å². The number of urea groups is 1. The van der Waals surface area contributed by atoms with Crippen molar-refractivity contribution in [3.8, 4) is 0 Å². The van der Waals surface area contributed by atoms with Gasteiger partial charge in [0, 0.05) is 43.0 Å². The highest BCUT2D eigenvalue weighted by Gasteiger charge is 2.64. The van der Waals surface area contributed by atoms with E-state index in [1.165, 1.54) is 21.6 Å². The van der Waals surface area contributed by atoms with Crippen LogP contribution in [0.4, 0.5) is 4.79 Å². The smallest absolute Gasteiger partial charge is 0.352 e. The number of nitrogens with one attached hydrogen (secondary N) is 2. The zero-order valence-electron chi connectivity index (χ0n) is 31.6. The van der Waals surface area contributed by atoms with E-state index in [0.29, 0.717) is 23.1 Å². The van der Waals surface area contributed by atoms with Gasteiger partial charge in [0.1, 0.15) is 35.8 Å². The zero-order chi connectivity index (χ0) is 43.9. The van der Waals surface area contributed by atoms with Gasteiger partial charge in [-0.25, -0.2) is 27.6 Å². The molecule has 7 amide bonds. The first-order valence-corrected chi connectivity index (χ1v) is 20.2. The molecular weight excluding hydrogens is 825 g/mol. The number of fused-ring (bicyclic) bond motifs is 2. The van der Waals surface area contributed by atoms with Crippen LogP contribution >= 0.6 is 11.8 Å². The summed E-state index contributed by atoms with van der Waals surface area (Å²) in [7, 11) is -4.05. The number of rotatable bonds is 10. The van der Waals surface area contributed by atoms with Gasteiger partial charge < -0.3 is 40.5 Å². The van der Waals surface area contributed by atoms with Crippen molar-refractivity contribution in [3.05, 3.63) is 58.8 Å². The summed E-state index contributed by atoms with van der Waals surface area (Å²) in [4.78, 5) is 124. The lowest BCUT2D eigenvalue weighted by Crippen LogP contribution is -2.71. The van der Waals surface area contributed by atoms with Crippen molar-refractivity contribution in [1.82, 2.24) is 30.2 Å². The van der Waals surface area contributed by atoms with Gasteiger partial charge in [-0.1, -0.05) is 30.3 Å². The summed E-state index contributed by atoms with van der Waals surface area (Å²) in [5, 5.41) is 30.4. The van der Waals surface area contributed by atoms with Crippen LogP contribution in [0.2, 0.25) is 0 Å². The van der Waals surface area contributed by atoms with Crippen LogP contribution in [0.15, 0.2) is 53.3 Å². The number of likely N-dealkylation sites (N-methyl/N-ethyl adjacent to an activating group) is 1. The molecule has 0 spiro atoms. The van der Waals surface area contributed by atoms with Crippen molar-refractivity contribution in [3.63, 3.8) is 0 Å². The fourth-order valence-electron chi connectivity index (χ4n) is 7.08. The molecule has 1 unspecified atom stereocenters. The van der Waals surface area contributed by atoms with Crippen molar-refractivity contribution < 1.29 is 76.4 Å². The highest BCUT2D eigenvalue weighted by atomic mass is 32.2. The van der Waals surface area contributed by atoms with Crippen LogP contribution in [0, 0.1) is 0 Å². The third-order valence-electron chi connectivity index (χ3n) is 9.76. The average Bonchev–Trinajstić information content (AvgIpc) is 3.42. The molecule has 5 atom stereocenters. The monoisotopic (exact) mass is 862 g/mol. The van der Waals surface area contributed by atoms with E-state index in [1.807, 2.05) is 0 Å². The molecule has 0 radical (unpaired) electrons. The lowest BCUT2D eigenvalue weighted by atomic mass is 9.95. The summed E-state index contributed by atoms with van der Waals surface area (Å²) in [6.45, 7) is 6.14. The number of carbonyl (C=O) groups is 10. The Morgan fingerprint density at radius 2 is 1.63 bits per heavy atom. The van der Waals surface area contributed by atoms with Gasteiger partial charge in [-0.2, -0.15) is 0 Å². The molecule has 22 nitrogen and oxygen atoms in total. The number of piperazine rings is 1. The van der Waals surface area contributed by atoms with Gasteiger partial charge in [-0.05, 0) is 26.3 Å². The minimum Gasteiger partial charge on any atom is -0.480 e. The van der Waals surface area contributed by atoms with E-state index < -0.39 is 127 Å². The summed E-state index contributed by atoms with van der Waals surface area (Å²) in [5.74, 6) is -9.75. The number of amides is 7. The van der Waals surface area contributed by atoms with Gasteiger partial charge in [0.2, 0.25) is 11.8 Å². The molecule has 4 fully saturated rings. The first-order valence-electron chi connectivity index (χ1n) is 17.6. The number of carbonyl (C=O) groups excluding carboxylic acids is 7. The summed E-state index contributed by atoms with van der Waals surface area (Å²) >= 11 is 1.28. The molecule has 0 saturated carbocycles. The van der Waals surface area contributed by atoms with Crippen molar-refractivity contribution in [1.29, 1.82) is 0 Å². The molecule has 6 rings (SSSR count). The van der Waals surface area contributed by atoms with Crippen LogP contribution < -0.4 is 10.6 Å². The van der Waals surface area contributed by atoms with E-state index in [4.69, 9.17) is 5.11 Å². The number of nitrogens with zero attached hydrogens (tertiary/aromatic N) is 4. The highest BCUT2D eigenvalue weighted by Crippen LogP contribution is 2.51. The molecule has 316 valence electrons. The van der Waals surface area contributed by atoms with Crippen LogP contribution in [-0.4, -0.2) is 162 Å². The third kappa shape index (κ3) is 8.35. The molecule has 0 aromatic heterocycles. The molecule has 0 bridgehead atoms. The topological polar surface area (TPSA) is 312 Å². The number of benzene rings is 1. The van der Waals surface area contributed by atoms with Crippen LogP contribution in [0.1, 0.15) is 39.3 Å². The Morgan fingerprint density at radius 3 is 2.19 bits per heavy atom. The normalized spacial score (nSPS) is 25.1. The SMILES string of the molecule is CC(=O)OCC1=C(C(=O)O)N2C(=O)/C(=C/C(=O)O)[C@H]2S(=O)(=O)C1.CCN1CCN(C(=O)NC(C(=O)N[C@H]2C(=O)N3[C@H]2SC(C)(C)[C@H]3C(=O)O)c2ccccc2)C(=O)C1=O. The van der Waals surface area contributed by atoms with Gasteiger partial charge in [-0.15, -0.1) is 11.8 Å². The number of esters is 1. The van der Waals surface area contributed by atoms with E-state index >= 15 is 0 Å². The Labute approximate surface area is 339 Å². The maximum absolute atomic E-state index is 13.3. The summed E-state index contributed by atoms with van der Waals surface area (Å²) in [6.07, 6.45) is 0.442. The van der Waals surface area contributed by atoms with Crippen LogP contribution in [0.5, 0.6) is 0 Å². The standard InChI is InChI=1S/C23H27N5O7S.C12H11NO9S/c1-4-26-10-11-27(19(32)18(26)31)22(35)25-13(12-8-6-5-7-9-12)16(29)24-14-17(30)28-15(21(33)34)23(2,3)36-20(14)28;1-5(14)22-3-6-4-23(20,21)11-7(2-8(15)16)10(17)13(11)9(6)12(18)19/h5-9,13-15,20H,4,10-11H2,1-3H3,(H,24,29)(H,25,35)(H,33,34);2,11H,3-4H2,1H3,(H,15,16)(H,18,19)/b;7-2-/t13?,14-,15+,20-;11-/m01/s1. The molecule has 5 aliphatic heterocycles. The molecule has 5 N–H and O–H groups in total. The Hall–Kier alpha value is -6.30. The van der Waals surface area contributed by atoms with Crippen molar-refractivity contribution in [2.45, 2.75) is 61.3 Å². The van der Waals surface area contributed by atoms with Crippen LogP contribution in [0.3, 0.4) is 0 Å². The second-order valence-corrected chi connectivity index (χ2v) is 17.9. The second-order valence-electron chi connectivity index (χ2n) is 14.0. The lowest BCUT2D eigenvalue weighted by molar-refractivity contribution is -0.161. The molecule has 24 heteroatoms. The fourth-order valence-corrected chi connectivity index (χ4v) is 10.6. The van der Waals surface area contributed by atoms with E-state index in [-0.39, 0.29) is 18.7 Å². The number of carboxylic acids is 3. The predicted molar refractivity (Wildman–Crippen MR) is 199 cm³/mol. The number of aliphatic carboxylic acids is 3. The maximum Gasteiger partial charge on any atom is 0.352 e. The molecule has 5 heterocycles. The number of β-lactam (4-membered cyclic amide) rings is 2. The average molecular weight is 863 g/mol. The first-order chi connectivity index (χ1) is 27.5. The van der Waals surface area contributed by atoms with Gasteiger partial charge in [0.15, 0.2) is 15.2 Å². The number of imide groups is 1. The first kappa shape index (κ1) is 43.8. The molecule has 1 aromatic rings. The number of sulfone groups is 1. The largest absolute Gasteiger partial charge is 0.480 e. The van der Waals surface area contributed by atoms with E-state index in [1.54, 1.807) is 51.1 Å². The lowest BCUT2D eigenvalue weighted by Gasteiger charge is -2.45. The van der Waals surface area contributed by atoms with Crippen molar-refractivity contribution in [2.75, 3.05) is 32.0 Å². The predicted octanol–water partition coefficient (Wildman–Crippen LogP) is -1.74. The van der Waals surface area contributed by atoms with Crippen LogP contribution in [-0.2, 0) is 57.7 Å². The molecule has 0 aliphatic carbocycles. The Balaban J connectivity index is 0.000000248. The van der Waals surface area contributed by atoms with E-state index in [9.17, 15) is 66.6 Å². The number of ether oxygens (including phenoxy) is 1. The Kier molecular flexibility index (Phi) is 12.3. The second kappa shape index (κ2) is 16.5. The molecule has 1 aromatic carbocycles. The quantitative estimate of drug-likeness (QED) is 0.0754. The molecule has 5 aliphatic rings. The number of carboxylic acid groups (broad SMARTS) is 3. The number of thioether (sulfide) groups is 1. The fraction of sp³-hybridized carbons (Fsp3) is 0.429. The third-order valence-corrected chi connectivity index (χ3v) is 13.2. The molecule has 4 saturated heterocycles. The van der Waals surface area contributed by atoms with Crippen molar-refractivity contribution >= 4 is 81.0 Å². The Morgan fingerprint density at radius 1 is 0.983 bits per heavy atom. The number of hydrogen-bond acceptors (Lipinski definition) is 14. The van der Waals surface area contributed by atoms with Crippen LogP contribution in [0.25, 0.3) is 0 Å². The molecule has 59 heavy (non-hydrogen) atoms. The highest BCUT2D eigenvalue weighted by molar-refractivity contribution is 8.01. The Bertz CT molecular complexity index is 2220. The minimum absolute atomic E-state index is 0.0200. The van der Waals surface area contributed by atoms with Gasteiger partial charge >= 0.3 is 41.7 Å². The summed E-state index contributed by atoms with van der Waals surface area (Å²) in [5.41, 5.74) is -0.978. The summed E-state index contributed by atoms with van der Waals surface area (Å²) in [6, 6.07) is 4.11. The zero-order valence-corrected chi connectivity index (χ0v) is 33.3. The van der Waals surface area contributed by atoms with Gasteiger partial charge in [0.05, 0.1) is 11.3 Å². The summed E-state index contributed by atoms with van der Waals surface area (Å²) < 4.78 is 28.3. The molecular formula is C35H38N6O16S2. The van der Waals surface area contributed by atoms with E-state index in [2.05, 4.69) is 15.4 Å². The van der Waals surface area contributed by atoms with Crippen molar-refractivity contribution in [2.24, 2.45) is 0 Å². The maximum atomic E-state index is 13.3. The van der Waals surface area contributed by atoms with Gasteiger partial charge in [0.25, 0.3) is 5.91 Å². The number of hydrogen-bond donors (Lipinski definition) is 5. The minimum atomic E-state index is -4.05. The van der Waals surface area contributed by atoms with Gasteiger partial charge in [-0.3, -0.25) is 38.6 Å².